The second kappa shape index (κ2) is 4.68. The predicted molar refractivity (Wildman–Crippen MR) is 57.4 cm³/mol. The number of rotatable bonds is 4. The molecule has 1 saturated heterocycles. The molecule has 0 spiro atoms. The molecule has 0 saturated carbocycles. The van der Waals surface area contributed by atoms with Crippen LogP contribution in [-0.2, 0) is 14.8 Å². The van der Waals surface area contributed by atoms with E-state index in [0.717, 1.165) is 11.2 Å². The van der Waals surface area contributed by atoms with Gasteiger partial charge in [-0.1, -0.05) is 6.92 Å². The molecule has 3 unspecified atom stereocenters. The van der Waals surface area contributed by atoms with E-state index in [1.54, 1.807) is 0 Å². The number of carboxylic acid groups (broad SMARTS) is 1. The van der Waals surface area contributed by atoms with Gasteiger partial charge in [0.15, 0.2) is 5.25 Å². The largest absolute Gasteiger partial charge is 0.480 e. The van der Waals surface area contributed by atoms with Crippen LogP contribution in [0.1, 0.15) is 20.3 Å². The summed E-state index contributed by atoms with van der Waals surface area (Å²) < 4.78 is 25.0. The zero-order valence-electron chi connectivity index (χ0n) is 9.33. The number of aliphatic hydroxyl groups excluding tert-OH is 1. The van der Waals surface area contributed by atoms with Gasteiger partial charge < -0.3 is 10.2 Å². The normalized spacial score (nSPS) is 29.2. The molecule has 7 heteroatoms. The Balaban J connectivity index is 2.97. The van der Waals surface area contributed by atoms with Gasteiger partial charge in [0.2, 0.25) is 10.0 Å². The van der Waals surface area contributed by atoms with Crippen molar-refractivity contribution in [3.63, 3.8) is 0 Å². The van der Waals surface area contributed by atoms with Crippen molar-refractivity contribution in [1.29, 1.82) is 0 Å². The first kappa shape index (κ1) is 13.4. The standard InChI is InChI=1S/C9H17NO5S/c1-6-3-4-10(8(6)5-11)16(14,15)7(2)9(12)13/h6-8,11H,3-5H2,1-2H3,(H,12,13). The monoisotopic (exact) mass is 251 g/mol. The minimum absolute atomic E-state index is 0.0563. The van der Waals surface area contributed by atoms with Crippen LogP contribution in [0.25, 0.3) is 0 Å². The van der Waals surface area contributed by atoms with E-state index in [-0.39, 0.29) is 19.1 Å². The summed E-state index contributed by atoms with van der Waals surface area (Å²) in [6.07, 6.45) is 0.650. The molecule has 0 bridgehead atoms. The number of carbonyl (C=O) groups is 1. The Morgan fingerprint density at radius 2 is 2.12 bits per heavy atom. The Kier molecular flexibility index (Phi) is 3.92. The summed E-state index contributed by atoms with van der Waals surface area (Å²) in [5.41, 5.74) is 0. The van der Waals surface area contributed by atoms with Crippen LogP contribution in [0, 0.1) is 5.92 Å². The van der Waals surface area contributed by atoms with E-state index in [2.05, 4.69) is 0 Å². The van der Waals surface area contributed by atoms with Gasteiger partial charge in [0, 0.05) is 6.54 Å². The van der Waals surface area contributed by atoms with E-state index in [1.807, 2.05) is 6.92 Å². The van der Waals surface area contributed by atoms with Crippen LogP contribution >= 0.6 is 0 Å². The van der Waals surface area contributed by atoms with Crippen molar-refractivity contribution < 1.29 is 23.4 Å². The molecule has 1 heterocycles. The second-order valence-corrected chi connectivity index (χ2v) is 6.36. The molecule has 0 radical (unpaired) electrons. The fraction of sp³-hybridized carbons (Fsp3) is 0.889. The van der Waals surface area contributed by atoms with Crippen LogP contribution in [0.3, 0.4) is 0 Å². The SMILES string of the molecule is CC1CCN(S(=O)(=O)C(C)C(=O)O)C1CO. The van der Waals surface area contributed by atoms with E-state index in [9.17, 15) is 13.2 Å². The van der Waals surface area contributed by atoms with Gasteiger partial charge in [-0.15, -0.1) is 0 Å². The molecule has 0 aromatic rings. The van der Waals surface area contributed by atoms with E-state index in [0.29, 0.717) is 6.42 Å². The summed E-state index contributed by atoms with van der Waals surface area (Å²) >= 11 is 0. The molecular weight excluding hydrogens is 234 g/mol. The van der Waals surface area contributed by atoms with Crippen LogP contribution in [0.15, 0.2) is 0 Å². The van der Waals surface area contributed by atoms with Crippen molar-refractivity contribution in [2.75, 3.05) is 13.2 Å². The maximum Gasteiger partial charge on any atom is 0.323 e. The molecule has 1 aliphatic heterocycles. The van der Waals surface area contributed by atoms with Crippen molar-refractivity contribution in [1.82, 2.24) is 4.31 Å². The Morgan fingerprint density at radius 1 is 1.56 bits per heavy atom. The number of aliphatic carboxylic acids is 1. The molecule has 0 aliphatic carbocycles. The minimum atomic E-state index is -3.86. The first-order valence-corrected chi connectivity index (χ1v) is 6.67. The lowest BCUT2D eigenvalue weighted by atomic mass is 10.0. The van der Waals surface area contributed by atoms with Crippen LogP contribution in [-0.4, -0.2) is 53.3 Å². The van der Waals surface area contributed by atoms with Crippen molar-refractivity contribution >= 4 is 16.0 Å². The van der Waals surface area contributed by atoms with Gasteiger partial charge in [0.25, 0.3) is 0 Å². The average molecular weight is 251 g/mol. The fourth-order valence-corrected chi connectivity index (χ4v) is 3.56. The Hall–Kier alpha value is -0.660. The lowest BCUT2D eigenvalue weighted by Gasteiger charge is -2.26. The third-order valence-electron chi connectivity index (χ3n) is 3.14. The zero-order chi connectivity index (χ0) is 12.5. The average Bonchev–Trinajstić information content (AvgIpc) is 2.58. The molecule has 6 nitrogen and oxygen atoms in total. The van der Waals surface area contributed by atoms with Crippen LogP contribution < -0.4 is 0 Å². The highest BCUT2D eigenvalue weighted by atomic mass is 32.2. The molecule has 1 rings (SSSR count). The molecule has 2 N–H and O–H groups in total. The Morgan fingerprint density at radius 3 is 2.56 bits per heavy atom. The lowest BCUT2D eigenvalue weighted by Crippen LogP contribution is -2.46. The van der Waals surface area contributed by atoms with Gasteiger partial charge >= 0.3 is 5.97 Å². The summed E-state index contributed by atoms with van der Waals surface area (Å²) in [5, 5.41) is 16.4. The topological polar surface area (TPSA) is 94.9 Å². The van der Waals surface area contributed by atoms with Crippen LogP contribution in [0.5, 0.6) is 0 Å². The van der Waals surface area contributed by atoms with Gasteiger partial charge in [-0.05, 0) is 19.3 Å². The first-order valence-electron chi connectivity index (χ1n) is 5.16. The van der Waals surface area contributed by atoms with Crippen molar-refractivity contribution in [3.8, 4) is 0 Å². The van der Waals surface area contributed by atoms with E-state index < -0.39 is 27.3 Å². The van der Waals surface area contributed by atoms with Gasteiger partial charge in [0.1, 0.15) is 0 Å². The first-order chi connectivity index (χ1) is 7.32. The summed E-state index contributed by atoms with van der Waals surface area (Å²) in [7, 11) is -3.86. The second-order valence-electron chi connectivity index (χ2n) is 4.15. The lowest BCUT2D eigenvalue weighted by molar-refractivity contribution is -0.136. The molecule has 3 atom stereocenters. The number of nitrogens with zero attached hydrogens (tertiary/aromatic N) is 1. The Labute approximate surface area is 94.9 Å². The minimum Gasteiger partial charge on any atom is -0.480 e. The van der Waals surface area contributed by atoms with E-state index in [1.165, 1.54) is 0 Å². The third-order valence-corrected chi connectivity index (χ3v) is 5.34. The highest BCUT2D eigenvalue weighted by Gasteiger charge is 2.42. The zero-order valence-corrected chi connectivity index (χ0v) is 10.1. The highest BCUT2D eigenvalue weighted by Crippen LogP contribution is 2.28. The van der Waals surface area contributed by atoms with E-state index >= 15 is 0 Å². The van der Waals surface area contributed by atoms with E-state index in [4.69, 9.17) is 10.2 Å². The van der Waals surface area contributed by atoms with Crippen molar-refractivity contribution in [2.45, 2.75) is 31.6 Å². The number of hydrogen-bond donors (Lipinski definition) is 2. The van der Waals surface area contributed by atoms with Gasteiger partial charge in [0.05, 0.1) is 12.6 Å². The number of sulfonamides is 1. The summed E-state index contributed by atoms with van der Waals surface area (Å²) in [6, 6.07) is -0.494. The summed E-state index contributed by atoms with van der Waals surface area (Å²) in [6.45, 7) is 3.01. The summed E-state index contributed by atoms with van der Waals surface area (Å²) in [5.74, 6) is -1.31. The molecule has 16 heavy (non-hydrogen) atoms. The maximum absolute atomic E-state index is 11.9. The molecule has 1 fully saturated rings. The molecular formula is C9H17NO5S. The fourth-order valence-electron chi connectivity index (χ4n) is 1.89. The molecule has 94 valence electrons. The highest BCUT2D eigenvalue weighted by molar-refractivity contribution is 7.90. The molecule has 0 amide bonds. The molecule has 0 aromatic carbocycles. The molecule has 1 aliphatic rings. The van der Waals surface area contributed by atoms with Gasteiger partial charge in [-0.3, -0.25) is 4.79 Å². The number of hydrogen-bond acceptors (Lipinski definition) is 4. The van der Waals surface area contributed by atoms with Crippen molar-refractivity contribution in [2.24, 2.45) is 5.92 Å². The van der Waals surface area contributed by atoms with Crippen LogP contribution in [0.4, 0.5) is 0 Å². The third kappa shape index (κ3) is 2.21. The van der Waals surface area contributed by atoms with Crippen molar-refractivity contribution in [3.05, 3.63) is 0 Å². The maximum atomic E-state index is 11.9. The smallest absolute Gasteiger partial charge is 0.323 e. The summed E-state index contributed by atoms with van der Waals surface area (Å²) in [4.78, 5) is 10.7. The Bertz CT molecular complexity index is 366. The molecule has 0 aromatic heterocycles. The van der Waals surface area contributed by atoms with Gasteiger partial charge in [-0.2, -0.15) is 4.31 Å². The number of carboxylic acids is 1. The number of aliphatic hydroxyl groups is 1. The predicted octanol–water partition coefficient (Wildman–Crippen LogP) is -0.508. The van der Waals surface area contributed by atoms with Gasteiger partial charge in [-0.25, -0.2) is 8.42 Å². The quantitative estimate of drug-likeness (QED) is 0.702. The van der Waals surface area contributed by atoms with Crippen LogP contribution in [0.2, 0.25) is 0 Å².